The molecule has 0 aliphatic rings. The Morgan fingerprint density at radius 2 is 1.62 bits per heavy atom. The first-order valence-corrected chi connectivity index (χ1v) is 7.91. The van der Waals surface area contributed by atoms with Gasteiger partial charge < -0.3 is 4.74 Å². The lowest BCUT2D eigenvalue weighted by Gasteiger charge is -2.04. The van der Waals surface area contributed by atoms with Crippen LogP contribution in [0.1, 0.15) is 70.6 Å². The minimum atomic E-state index is -0.186. The maximum absolute atomic E-state index is 11.2. The molecular formula is C16H27N3O2. The van der Waals surface area contributed by atoms with E-state index in [9.17, 15) is 4.79 Å². The molecule has 0 heterocycles. The molecule has 0 fully saturated rings. The van der Waals surface area contributed by atoms with E-state index in [0.717, 1.165) is 25.7 Å². The third-order valence-electron chi connectivity index (χ3n) is 3.20. The fourth-order valence-corrected chi connectivity index (χ4v) is 2.00. The SMILES string of the molecule is C#CCCC(=O)OCCCCCCCCCCCN=[N+]=[N-]. The Morgan fingerprint density at radius 1 is 1.05 bits per heavy atom. The average molecular weight is 293 g/mol. The molecule has 0 saturated heterocycles. The molecule has 0 atom stereocenters. The van der Waals surface area contributed by atoms with Crippen molar-refractivity contribution in [2.75, 3.05) is 13.2 Å². The second-order valence-corrected chi connectivity index (χ2v) is 5.06. The van der Waals surface area contributed by atoms with Crippen LogP contribution in [0.15, 0.2) is 5.11 Å². The van der Waals surface area contributed by atoms with Crippen LogP contribution in [0.3, 0.4) is 0 Å². The van der Waals surface area contributed by atoms with Gasteiger partial charge in [0.15, 0.2) is 0 Å². The Kier molecular flexibility index (Phi) is 15.1. The summed E-state index contributed by atoms with van der Waals surface area (Å²) in [5.74, 6) is 2.24. The molecule has 0 aliphatic heterocycles. The van der Waals surface area contributed by atoms with Gasteiger partial charge in [-0.05, 0) is 18.4 Å². The molecule has 0 radical (unpaired) electrons. The van der Waals surface area contributed by atoms with Crippen LogP contribution < -0.4 is 0 Å². The number of unbranched alkanes of at least 4 members (excludes halogenated alkanes) is 8. The maximum Gasteiger partial charge on any atom is 0.306 e. The van der Waals surface area contributed by atoms with Crippen molar-refractivity contribution in [3.8, 4) is 12.3 Å². The second-order valence-electron chi connectivity index (χ2n) is 5.06. The first-order chi connectivity index (χ1) is 10.3. The molecule has 0 amide bonds. The summed E-state index contributed by atoms with van der Waals surface area (Å²) in [6.45, 7) is 1.14. The van der Waals surface area contributed by atoms with Crippen molar-refractivity contribution in [3.63, 3.8) is 0 Å². The topological polar surface area (TPSA) is 75.1 Å². The number of carbonyl (C=O) groups is 1. The highest BCUT2D eigenvalue weighted by molar-refractivity contribution is 5.69. The number of hydrogen-bond donors (Lipinski definition) is 0. The summed E-state index contributed by atoms with van der Waals surface area (Å²) in [5.41, 5.74) is 8.12. The van der Waals surface area contributed by atoms with Gasteiger partial charge in [-0.2, -0.15) is 0 Å². The van der Waals surface area contributed by atoms with Crippen LogP contribution in [0.2, 0.25) is 0 Å². The molecule has 0 unspecified atom stereocenters. The molecular weight excluding hydrogens is 266 g/mol. The van der Waals surface area contributed by atoms with Crippen LogP contribution in [0.5, 0.6) is 0 Å². The van der Waals surface area contributed by atoms with Gasteiger partial charge in [0.25, 0.3) is 0 Å². The molecule has 0 spiro atoms. The highest BCUT2D eigenvalue weighted by atomic mass is 16.5. The predicted molar refractivity (Wildman–Crippen MR) is 84.6 cm³/mol. The number of carbonyl (C=O) groups excluding carboxylic acids is 1. The van der Waals surface area contributed by atoms with Crippen LogP contribution in [-0.2, 0) is 9.53 Å². The van der Waals surface area contributed by atoms with Crippen LogP contribution >= 0.6 is 0 Å². The summed E-state index contributed by atoms with van der Waals surface area (Å²) < 4.78 is 5.07. The monoisotopic (exact) mass is 293 g/mol. The number of rotatable bonds is 14. The molecule has 5 nitrogen and oxygen atoms in total. The summed E-state index contributed by atoms with van der Waals surface area (Å²) in [4.78, 5) is 13.9. The Hall–Kier alpha value is -1.66. The number of azide groups is 1. The van der Waals surface area contributed by atoms with E-state index in [1.54, 1.807) is 0 Å². The minimum Gasteiger partial charge on any atom is -0.466 e. The lowest BCUT2D eigenvalue weighted by molar-refractivity contribution is -0.143. The average Bonchev–Trinajstić information content (AvgIpc) is 2.49. The zero-order chi connectivity index (χ0) is 15.6. The van der Waals surface area contributed by atoms with E-state index in [1.165, 1.54) is 32.1 Å². The first kappa shape index (κ1) is 19.3. The maximum atomic E-state index is 11.2. The van der Waals surface area contributed by atoms with Gasteiger partial charge >= 0.3 is 5.97 Å². The molecule has 118 valence electrons. The standard InChI is InChI=1S/C16H27N3O2/c1-2-3-13-16(20)21-15-12-10-8-6-4-5-7-9-11-14-18-19-17/h1H,3-15H2. The van der Waals surface area contributed by atoms with Gasteiger partial charge in [0.2, 0.25) is 0 Å². The smallest absolute Gasteiger partial charge is 0.306 e. The predicted octanol–water partition coefficient (Wildman–Crippen LogP) is 4.76. The highest BCUT2D eigenvalue weighted by Gasteiger charge is 2.00. The molecule has 0 N–H and O–H groups in total. The van der Waals surface area contributed by atoms with Crippen molar-refractivity contribution >= 4 is 5.97 Å². The van der Waals surface area contributed by atoms with Crippen molar-refractivity contribution in [2.24, 2.45) is 5.11 Å². The fraction of sp³-hybridized carbons (Fsp3) is 0.812. The first-order valence-electron chi connectivity index (χ1n) is 7.91. The van der Waals surface area contributed by atoms with Crippen molar-refractivity contribution in [2.45, 2.75) is 70.6 Å². The van der Waals surface area contributed by atoms with E-state index < -0.39 is 0 Å². The molecule has 5 heteroatoms. The largest absolute Gasteiger partial charge is 0.466 e. The van der Waals surface area contributed by atoms with Crippen molar-refractivity contribution in [3.05, 3.63) is 10.4 Å². The van der Waals surface area contributed by atoms with E-state index in [-0.39, 0.29) is 5.97 Å². The van der Waals surface area contributed by atoms with Gasteiger partial charge in [-0.1, -0.05) is 50.1 Å². The van der Waals surface area contributed by atoms with E-state index in [4.69, 9.17) is 16.7 Å². The third kappa shape index (κ3) is 16.3. The molecule has 0 aromatic heterocycles. The number of ether oxygens (including phenoxy) is 1. The summed E-state index contributed by atoms with van der Waals surface area (Å²) in [5, 5.41) is 3.51. The second kappa shape index (κ2) is 16.4. The van der Waals surface area contributed by atoms with E-state index in [1.807, 2.05) is 0 Å². The summed E-state index contributed by atoms with van der Waals surface area (Å²) >= 11 is 0. The van der Waals surface area contributed by atoms with Gasteiger partial charge in [-0.15, -0.1) is 12.3 Å². The molecule has 0 aliphatic carbocycles. The molecule has 0 rings (SSSR count). The Morgan fingerprint density at radius 3 is 2.19 bits per heavy atom. The van der Waals surface area contributed by atoms with E-state index >= 15 is 0 Å². The lowest BCUT2D eigenvalue weighted by atomic mass is 10.1. The summed E-state index contributed by atoms with van der Waals surface area (Å²) in [6.07, 6.45) is 16.2. The van der Waals surface area contributed by atoms with Gasteiger partial charge in [0, 0.05) is 17.9 Å². The lowest BCUT2D eigenvalue weighted by Crippen LogP contribution is -2.05. The quantitative estimate of drug-likeness (QED) is 0.116. The highest BCUT2D eigenvalue weighted by Crippen LogP contribution is 2.10. The molecule has 0 bridgehead atoms. The van der Waals surface area contributed by atoms with Crippen LogP contribution in [0.4, 0.5) is 0 Å². The Balaban J connectivity index is 3.10. The van der Waals surface area contributed by atoms with Gasteiger partial charge in [0.05, 0.1) is 13.0 Å². The number of terminal acetylenes is 1. The van der Waals surface area contributed by atoms with Gasteiger partial charge in [-0.25, -0.2) is 0 Å². The molecule has 0 aromatic rings. The molecule has 0 saturated carbocycles. The number of nitrogens with zero attached hydrogens (tertiary/aromatic N) is 3. The van der Waals surface area contributed by atoms with Gasteiger partial charge in [0.1, 0.15) is 0 Å². The van der Waals surface area contributed by atoms with Crippen LogP contribution in [-0.4, -0.2) is 19.1 Å². The van der Waals surface area contributed by atoms with Crippen LogP contribution in [0, 0.1) is 12.3 Å². The van der Waals surface area contributed by atoms with E-state index in [0.29, 0.717) is 26.0 Å². The zero-order valence-corrected chi connectivity index (χ0v) is 12.9. The third-order valence-corrected chi connectivity index (χ3v) is 3.20. The zero-order valence-electron chi connectivity index (χ0n) is 12.9. The normalized spacial score (nSPS) is 9.67. The summed E-state index contributed by atoms with van der Waals surface area (Å²) in [7, 11) is 0. The summed E-state index contributed by atoms with van der Waals surface area (Å²) in [6, 6.07) is 0. The van der Waals surface area contributed by atoms with Crippen molar-refractivity contribution < 1.29 is 9.53 Å². The molecule has 0 aromatic carbocycles. The van der Waals surface area contributed by atoms with Crippen molar-refractivity contribution in [1.29, 1.82) is 0 Å². The van der Waals surface area contributed by atoms with Crippen LogP contribution in [0.25, 0.3) is 10.4 Å². The number of esters is 1. The Labute approximate surface area is 128 Å². The van der Waals surface area contributed by atoms with Crippen molar-refractivity contribution in [1.82, 2.24) is 0 Å². The minimum absolute atomic E-state index is 0.186. The number of hydrogen-bond acceptors (Lipinski definition) is 3. The fourth-order valence-electron chi connectivity index (χ4n) is 2.00. The van der Waals surface area contributed by atoms with Gasteiger partial charge in [-0.3, -0.25) is 4.79 Å². The van der Waals surface area contributed by atoms with E-state index in [2.05, 4.69) is 15.9 Å². The Bertz CT molecular complexity index is 344. The molecule has 21 heavy (non-hydrogen) atoms.